The van der Waals surface area contributed by atoms with Gasteiger partial charge >= 0.3 is 5.97 Å². The molecule has 2 aromatic rings. The zero-order valence-corrected chi connectivity index (χ0v) is 18.1. The average molecular weight is 468 g/mol. The Bertz CT molecular complexity index is 920. The van der Waals surface area contributed by atoms with Gasteiger partial charge in [0.2, 0.25) is 5.91 Å². The predicted octanol–water partition coefficient (Wildman–Crippen LogP) is -0.374. The van der Waals surface area contributed by atoms with Crippen molar-refractivity contribution in [3.05, 3.63) is 40.9 Å². The summed E-state index contributed by atoms with van der Waals surface area (Å²) in [6.07, 6.45) is 0. The molecule has 0 saturated heterocycles. The number of carboxylic acids is 1. The molecular formula is C20H25N3O8S. The molecule has 0 radical (unpaired) electrons. The number of methoxy groups -OCH3 is 1. The van der Waals surface area contributed by atoms with E-state index < -0.39 is 43.1 Å². The van der Waals surface area contributed by atoms with Crippen LogP contribution in [0.2, 0.25) is 0 Å². The molecule has 174 valence electrons. The molecule has 32 heavy (non-hydrogen) atoms. The van der Waals surface area contributed by atoms with Crippen LogP contribution in [0.3, 0.4) is 0 Å². The van der Waals surface area contributed by atoms with Gasteiger partial charge in [-0.05, 0) is 11.6 Å². The van der Waals surface area contributed by atoms with Crippen LogP contribution >= 0.6 is 11.3 Å². The molecule has 0 unspecified atom stereocenters. The van der Waals surface area contributed by atoms with Crippen molar-refractivity contribution in [2.75, 3.05) is 33.5 Å². The first-order valence-corrected chi connectivity index (χ1v) is 10.4. The van der Waals surface area contributed by atoms with Crippen LogP contribution in [-0.4, -0.2) is 83.7 Å². The number of aliphatic hydroxyl groups is 2. The Balaban J connectivity index is 2.02. The highest BCUT2D eigenvalue weighted by molar-refractivity contribution is 7.13. The molecule has 12 heteroatoms. The van der Waals surface area contributed by atoms with Gasteiger partial charge in [-0.2, -0.15) is 0 Å². The molecule has 1 aromatic carbocycles. The van der Waals surface area contributed by atoms with Gasteiger partial charge < -0.3 is 35.4 Å². The number of aliphatic hydroxyl groups excluding tert-OH is 2. The minimum atomic E-state index is -1.55. The third-order valence-corrected chi connectivity index (χ3v) is 5.10. The summed E-state index contributed by atoms with van der Waals surface area (Å²) in [7, 11) is 1.59. The molecule has 0 bridgehead atoms. The van der Waals surface area contributed by atoms with Crippen LogP contribution in [0, 0.1) is 0 Å². The third-order valence-electron chi connectivity index (χ3n) is 4.21. The SMILES string of the molecule is COCCOCc1cccc(-c2nc(C(=O)N[C@@H](CO)C(=O)N[C@@H](CO)C(=O)O)cs2)c1. The number of aromatic nitrogens is 1. The summed E-state index contributed by atoms with van der Waals surface area (Å²) in [5.41, 5.74) is 1.74. The van der Waals surface area contributed by atoms with Crippen molar-refractivity contribution in [3.8, 4) is 10.6 Å². The zero-order valence-electron chi connectivity index (χ0n) is 17.3. The van der Waals surface area contributed by atoms with Crippen molar-refractivity contribution in [1.82, 2.24) is 15.6 Å². The van der Waals surface area contributed by atoms with Crippen molar-refractivity contribution in [1.29, 1.82) is 0 Å². The molecule has 0 aliphatic carbocycles. The first-order valence-electron chi connectivity index (χ1n) is 9.56. The second kappa shape index (κ2) is 12.8. The molecule has 0 aliphatic heterocycles. The fraction of sp³-hybridized carbons (Fsp3) is 0.400. The quantitative estimate of drug-likeness (QED) is 0.247. The Labute approximate surface area is 188 Å². The number of thiazole rings is 1. The van der Waals surface area contributed by atoms with E-state index in [2.05, 4.69) is 10.3 Å². The molecule has 11 nitrogen and oxygen atoms in total. The highest BCUT2D eigenvalue weighted by Crippen LogP contribution is 2.25. The second-order valence-corrected chi connectivity index (χ2v) is 7.43. The minimum Gasteiger partial charge on any atom is -0.480 e. The number of carbonyl (C=O) groups excluding carboxylic acids is 2. The van der Waals surface area contributed by atoms with E-state index >= 15 is 0 Å². The summed E-state index contributed by atoms with van der Waals surface area (Å²) in [4.78, 5) is 39.8. The largest absolute Gasteiger partial charge is 0.480 e. The Morgan fingerprint density at radius 2 is 1.88 bits per heavy atom. The molecule has 0 spiro atoms. The predicted molar refractivity (Wildman–Crippen MR) is 114 cm³/mol. The number of hydrogen-bond acceptors (Lipinski definition) is 9. The summed E-state index contributed by atoms with van der Waals surface area (Å²) in [6.45, 7) is -0.243. The first kappa shape index (κ1) is 25.4. The van der Waals surface area contributed by atoms with Crippen LogP contribution in [0.15, 0.2) is 29.6 Å². The molecule has 2 amide bonds. The number of nitrogens with one attached hydrogen (secondary N) is 2. The number of amides is 2. The molecule has 0 aliphatic rings. The van der Waals surface area contributed by atoms with E-state index in [9.17, 15) is 19.5 Å². The van der Waals surface area contributed by atoms with Gasteiger partial charge in [0.1, 0.15) is 22.8 Å². The van der Waals surface area contributed by atoms with E-state index in [4.69, 9.17) is 19.7 Å². The normalized spacial score (nSPS) is 12.7. The van der Waals surface area contributed by atoms with Gasteiger partial charge in [0.15, 0.2) is 0 Å². The summed E-state index contributed by atoms with van der Waals surface area (Å²) >= 11 is 1.23. The second-order valence-electron chi connectivity index (χ2n) is 6.57. The Kier molecular flexibility index (Phi) is 10.2. The lowest BCUT2D eigenvalue weighted by Crippen LogP contribution is -2.54. The highest BCUT2D eigenvalue weighted by atomic mass is 32.1. The van der Waals surface area contributed by atoms with Crippen LogP contribution in [0.5, 0.6) is 0 Å². The molecule has 2 rings (SSSR count). The van der Waals surface area contributed by atoms with Crippen LogP contribution in [0.1, 0.15) is 16.1 Å². The topological polar surface area (TPSA) is 167 Å². The Hall–Kier alpha value is -2.90. The number of ether oxygens (including phenoxy) is 2. The molecule has 2 atom stereocenters. The molecule has 0 fully saturated rings. The van der Waals surface area contributed by atoms with Crippen LogP contribution in [0.4, 0.5) is 0 Å². The molecule has 5 N–H and O–H groups in total. The summed E-state index contributed by atoms with van der Waals surface area (Å²) < 4.78 is 10.4. The van der Waals surface area contributed by atoms with Gasteiger partial charge in [-0.25, -0.2) is 9.78 Å². The van der Waals surface area contributed by atoms with E-state index in [0.717, 1.165) is 11.1 Å². The maximum Gasteiger partial charge on any atom is 0.328 e. The van der Waals surface area contributed by atoms with E-state index in [1.807, 2.05) is 29.6 Å². The molecule has 1 aromatic heterocycles. The standard InChI is InChI=1S/C20H25N3O8S/c1-30-5-6-31-10-12-3-2-4-13(7-12)19-23-16(11-32-19)18(27)21-14(8-24)17(26)22-15(9-25)20(28)29/h2-4,7,11,14-15,24-25H,5-6,8-10H2,1H3,(H,21,27)(H,22,26)(H,28,29)/t14-,15-/m0/s1. The summed E-state index contributed by atoms with van der Waals surface area (Å²) in [5, 5.41) is 33.7. The molecule has 1 heterocycles. The van der Waals surface area contributed by atoms with Gasteiger partial charge in [-0.1, -0.05) is 18.2 Å². The first-order chi connectivity index (χ1) is 15.4. The number of rotatable bonds is 13. The van der Waals surface area contributed by atoms with E-state index in [0.29, 0.717) is 24.8 Å². The maximum atomic E-state index is 12.5. The fourth-order valence-corrected chi connectivity index (χ4v) is 3.32. The average Bonchev–Trinajstić information content (AvgIpc) is 3.29. The van der Waals surface area contributed by atoms with Crippen LogP contribution in [0.25, 0.3) is 10.6 Å². The minimum absolute atomic E-state index is 0.0370. The number of aliphatic carboxylic acids is 1. The maximum absolute atomic E-state index is 12.5. The zero-order chi connectivity index (χ0) is 23.5. The Morgan fingerprint density at radius 3 is 2.53 bits per heavy atom. The third kappa shape index (κ3) is 7.35. The van der Waals surface area contributed by atoms with Crippen molar-refractivity contribution >= 4 is 29.1 Å². The lowest BCUT2D eigenvalue weighted by Gasteiger charge is -2.18. The number of hydrogen-bond donors (Lipinski definition) is 5. The molecular weight excluding hydrogens is 442 g/mol. The summed E-state index contributed by atoms with van der Waals surface area (Å²) in [6, 6.07) is 4.51. The number of carbonyl (C=O) groups is 3. The van der Waals surface area contributed by atoms with Gasteiger partial charge in [0, 0.05) is 18.1 Å². The van der Waals surface area contributed by atoms with Crippen LogP contribution in [-0.2, 0) is 25.7 Å². The van der Waals surface area contributed by atoms with E-state index in [-0.39, 0.29) is 5.69 Å². The van der Waals surface area contributed by atoms with Gasteiger partial charge in [0.25, 0.3) is 5.91 Å². The van der Waals surface area contributed by atoms with E-state index in [1.54, 1.807) is 7.11 Å². The fourth-order valence-electron chi connectivity index (χ4n) is 2.52. The smallest absolute Gasteiger partial charge is 0.328 e. The lowest BCUT2D eigenvalue weighted by atomic mass is 10.1. The van der Waals surface area contributed by atoms with Crippen molar-refractivity contribution < 1.29 is 39.2 Å². The van der Waals surface area contributed by atoms with Gasteiger partial charge in [-0.15, -0.1) is 11.3 Å². The van der Waals surface area contributed by atoms with Crippen molar-refractivity contribution in [2.24, 2.45) is 0 Å². The number of carboxylic acid groups (broad SMARTS) is 1. The number of benzene rings is 1. The lowest BCUT2D eigenvalue weighted by molar-refractivity contribution is -0.143. The van der Waals surface area contributed by atoms with Crippen LogP contribution < -0.4 is 10.6 Å². The van der Waals surface area contributed by atoms with Crippen molar-refractivity contribution in [2.45, 2.75) is 18.7 Å². The summed E-state index contributed by atoms with van der Waals surface area (Å²) in [5.74, 6) is -3.10. The molecule has 0 saturated carbocycles. The van der Waals surface area contributed by atoms with Gasteiger partial charge in [0.05, 0.1) is 33.0 Å². The monoisotopic (exact) mass is 467 g/mol. The van der Waals surface area contributed by atoms with Gasteiger partial charge in [-0.3, -0.25) is 9.59 Å². The Morgan fingerprint density at radius 1 is 1.12 bits per heavy atom. The highest BCUT2D eigenvalue weighted by Gasteiger charge is 2.26. The van der Waals surface area contributed by atoms with Crippen molar-refractivity contribution in [3.63, 3.8) is 0 Å². The van der Waals surface area contributed by atoms with E-state index in [1.165, 1.54) is 16.7 Å². The number of nitrogens with zero attached hydrogens (tertiary/aromatic N) is 1.